The Morgan fingerprint density at radius 1 is 1.00 bits per heavy atom. The molecule has 0 atom stereocenters. The van der Waals surface area contributed by atoms with Crippen LogP contribution < -0.4 is 19.5 Å². The van der Waals surface area contributed by atoms with Crippen molar-refractivity contribution in [2.45, 2.75) is 0 Å². The van der Waals surface area contributed by atoms with Crippen LogP contribution in [-0.4, -0.2) is 83.6 Å². The van der Waals surface area contributed by atoms with Crippen molar-refractivity contribution in [2.24, 2.45) is 0 Å². The van der Waals surface area contributed by atoms with Gasteiger partial charge in [-0.05, 0) is 7.05 Å². The molecular formula is C17H29Cl2N3O5. The van der Waals surface area contributed by atoms with Crippen molar-refractivity contribution in [1.29, 1.82) is 0 Å². The smallest absolute Gasteiger partial charge is 0.411 e. The van der Waals surface area contributed by atoms with E-state index in [4.69, 9.17) is 18.9 Å². The summed E-state index contributed by atoms with van der Waals surface area (Å²) in [6.07, 6.45) is -0.511. The molecule has 1 aliphatic heterocycles. The number of nitrogens with one attached hydrogen (secondary N) is 1. The number of benzene rings is 1. The summed E-state index contributed by atoms with van der Waals surface area (Å²) >= 11 is 0. The summed E-state index contributed by atoms with van der Waals surface area (Å²) in [4.78, 5) is 16.6. The monoisotopic (exact) mass is 425 g/mol. The first kappa shape index (κ1) is 25.4. The summed E-state index contributed by atoms with van der Waals surface area (Å²) in [5.74, 6) is 1.41. The number of methoxy groups -OCH3 is 3. The lowest BCUT2D eigenvalue weighted by atomic mass is 10.2. The lowest BCUT2D eigenvalue weighted by molar-refractivity contribution is 0.111. The average molecular weight is 426 g/mol. The van der Waals surface area contributed by atoms with Gasteiger partial charge in [-0.1, -0.05) is 0 Å². The van der Waals surface area contributed by atoms with E-state index in [9.17, 15) is 4.79 Å². The summed E-state index contributed by atoms with van der Waals surface area (Å²) < 4.78 is 21.0. The largest absolute Gasteiger partial charge is 0.493 e. The van der Waals surface area contributed by atoms with E-state index in [1.165, 1.54) is 21.3 Å². The fraction of sp³-hybridized carbons (Fsp3) is 0.588. The molecule has 1 aromatic rings. The number of hydrogen-bond donors (Lipinski definition) is 1. The van der Waals surface area contributed by atoms with Crippen LogP contribution in [0.3, 0.4) is 0 Å². The van der Waals surface area contributed by atoms with Crippen molar-refractivity contribution in [3.63, 3.8) is 0 Å². The maximum absolute atomic E-state index is 12.0. The van der Waals surface area contributed by atoms with Crippen LogP contribution in [0.25, 0.3) is 0 Å². The molecule has 2 rings (SSSR count). The van der Waals surface area contributed by atoms with Crippen LogP contribution >= 0.6 is 24.8 Å². The molecular weight excluding hydrogens is 397 g/mol. The van der Waals surface area contributed by atoms with E-state index in [0.29, 0.717) is 29.5 Å². The van der Waals surface area contributed by atoms with E-state index in [1.54, 1.807) is 12.1 Å². The Morgan fingerprint density at radius 3 is 2.04 bits per heavy atom. The standard InChI is InChI=1S/C17H27N3O5.2ClH/c1-19-5-7-20(8-6-19)9-10-25-17(21)18-13-11-14(22-2)16(24-4)15(12-13)23-3;;/h11-12H,5-10H2,1-4H3,(H,18,21);2*1H. The number of rotatable bonds is 7. The first-order valence-electron chi connectivity index (χ1n) is 8.22. The number of hydrogen-bond acceptors (Lipinski definition) is 7. The van der Waals surface area contributed by atoms with Gasteiger partial charge < -0.3 is 23.8 Å². The second-order valence-corrected chi connectivity index (χ2v) is 5.82. The lowest BCUT2D eigenvalue weighted by Crippen LogP contribution is -2.45. The molecule has 10 heteroatoms. The molecule has 156 valence electrons. The molecule has 0 bridgehead atoms. The van der Waals surface area contributed by atoms with Crippen LogP contribution in [0.4, 0.5) is 10.5 Å². The third kappa shape index (κ3) is 7.50. The van der Waals surface area contributed by atoms with Gasteiger partial charge in [-0.3, -0.25) is 10.2 Å². The normalized spacial score (nSPS) is 14.4. The van der Waals surface area contributed by atoms with Crippen molar-refractivity contribution in [2.75, 3.05) is 73.0 Å². The highest BCUT2D eigenvalue weighted by Crippen LogP contribution is 2.39. The minimum atomic E-state index is -0.511. The maximum atomic E-state index is 12.0. The maximum Gasteiger partial charge on any atom is 0.411 e. The summed E-state index contributed by atoms with van der Waals surface area (Å²) in [5, 5.41) is 2.68. The molecule has 0 aliphatic carbocycles. The van der Waals surface area contributed by atoms with Crippen LogP contribution in [0.15, 0.2) is 12.1 Å². The molecule has 1 fully saturated rings. The SMILES string of the molecule is COc1cc(NC(=O)OCCN2CCN(C)CC2)cc(OC)c1OC.Cl.Cl. The number of piperazine rings is 1. The van der Waals surface area contributed by atoms with Gasteiger partial charge in [0, 0.05) is 44.9 Å². The lowest BCUT2D eigenvalue weighted by Gasteiger charge is -2.31. The highest BCUT2D eigenvalue weighted by atomic mass is 35.5. The van der Waals surface area contributed by atoms with Gasteiger partial charge >= 0.3 is 6.09 Å². The number of ether oxygens (including phenoxy) is 4. The van der Waals surface area contributed by atoms with Gasteiger partial charge in [0.1, 0.15) is 6.61 Å². The highest BCUT2D eigenvalue weighted by Gasteiger charge is 2.16. The Kier molecular flexibility index (Phi) is 12.0. The van der Waals surface area contributed by atoms with Crippen molar-refractivity contribution >= 4 is 36.6 Å². The molecule has 0 unspecified atom stereocenters. The van der Waals surface area contributed by atoms with Gasteiger partial charge in [0.25, 0.3) is 0 Å². The summed E-state index contributed by atoms with van der Waals surface area (Å²) in [6, 6.07) is 3.31. The topological polar surface area (TPSA) is 72.5 Å². The molecule has 27 heavy (non-hydrogen) atoms. The predicted octanol–water partition coefficient (Wildman–Crippen LogP) is 2.35. The molecule has 8 nitrogen and oxygen atoms in total. The molecule has 0 aromatic heterocycles. The Morgan fingerprint density at radius 2 is 1.56 bits per heavy atom. The molecule has 1 aromatic carbocycles. The van der Waals surface area contributed by atoms with Crippen LogP contribution in [0, 0.1) is 0 Å². The number of halogens is 2. The van der Waals surface area contributed by atoms with Crippen molar-refractivity contribution < 1.29 is 23.7 Å². The van der Waals surface area contributed by atoms with E-state index in [2.05, 4.69) is 22.2 Å². The average Bonchev–Trinajstić information content (AvgIpc) is 2.62. The fourth-order valence-electron chi connectivity index (χ4n) is 2.65. The summed E-state index contributed by atoms with van der Waals surface area (Å²) in [6.45, 7) is 5.15. The minimum absolute atomic E-state index is 0. The zero-order chi connectivity index (χ0) is 18.2. The third-order valence-electron chi connectivity index (χ3n) is 4.15. The molecule has 1 aliphatic rings. The van der Waals surface area contributed by atoms with Gasteiger partial charge in [-0.15, -0.1) is 24.8 Å². The van der Waals surface area contributed by atoms with Gasteiger partial charge in [0.05, 0.1) is 27.0 Å². The van der Waals surface area contributed by atoms with Crippen molar-refractivity contribution in [3.8, 4) is 17.2 Å². The number of nitrogens with zero attached hydrogens (tertiary/aromatic N) is 2. The number of carbonyl (C=O) groups excluding carboxylic acids is 1. The highest BCUT2D eigenvalue weighted by molar-refractivity contribution is 5.86. The van der Waals surface area contributed by atoms with Gasteiger partial charge in [-0.25, -0.2) is 4.79 Å². The van der Waals surface area contributed by atoms with Crippen LogP contribution in [-0.2, 0) is 4.74 Å². The molecule has 1 saturated heterocycles. The number of carbonyl (C=O) groups is 1. The van der Waals surface area contributed by atoms with Gasteiger partial charge in [0.15, 0.2) is 11.5 Å². The Hall–Kier alpha value is -1.61. The predicted molar refractivity (Wildman–Crippen MR) is 110 cm³/mol. The summed E-state index contributed by atoms with van der Waals surface area (Å²) in [5.41, 5.74) is 0.513. The molecule has 0 radical (unpaired) electrons. The zero-order valence-electron chi connectivity index (χ0n) is 16.1. The zero-order valence-corrected chi connectivity index (χ0v) is 17.8. The van der Waals surface area contributed by atoms with Crippen molar-refractivity contribution in [1.82, 2.24) is 9.80 Å². The summed E-state index contributed by atoms with van der Waals surface area (Å²) in [7, 11) is 6.68. The van der Waals surface area contributed by atoms with E-state index in [1.807, 2.05) is 0 Å². The molecule has 1 amide bonds. The first-order chi connectivity index (χ1) is 12.1. The van der Waals surface area contributed by atoms with Crippen LogP contribution in [0.1, 0.15) is 0 Å². The van der Waals surface area contributed by atoms with E-state index in [-0.39, 0.29) is 24.8 Å². The third-order valence-corrected chi connectivity index (χ3v) is 4.15. The molecule has 0 spiro atoms. The van der Waals surface area contributed by atoms with E-state index >= 15 is 0 Å². The number of likely N-dealkylation sites (N-methyl/N-ethyl adjacent to an activating group) is 1. The fourth-order valence-corrected chi connectivity index (χ4v) is 2.65. The minimum Gasteiger partial charge on any atom is -0.493 e. The Balaban J connectivity index is 0.00000338. The van der Waals surface area contributed by atoms with Gasteiger partial charge in [0.2, 0.25) is 5.75 Å². The second-order valence-electron chi connectivity index (χ2n) is 5.82. The van der Waals surface area contributed by atoms with E-state index < -0.39 is 6.09 Å². The van der Waals surface area contributed by atoms with Crippen LogP contribution in [0.5, 0.6) is 17.2 Å². The number of amides is 1. The van der Waals surface area contributed by atoms with E-state index in [0.717, 1.165) is 32.7 Å². The molecule has 0 saturated carbocycles. The quantitative estimate of drug-likeness (QED) is 0.718. The Bertz CT molecular complexity index is 559. The molecule has 1 N–H and O–H groups in total. The molecule has 1 heterocycles. The second kappa shape index (κ2) is 12.7. The van der Waals surface area contributed by atoms with Crippen molar-refractivity contribution in [3.05, 3.63) is 12.1 Å². The number of anilines is 1. The van der Waals surface area contributed by atoms with Crippen LogP contribution in [0.2, 0.25) is 0 Å². The first-order valence-corrected chi connectivity index (χ1v) is 8.22. The van der Waals surface area contributed by atoms with Gasteiger partial charge in [-0.2, -0.15) is 0 Å². The Labute approximate surface area is 172 Å².